The number of carbonyl (C=O) groups excluding carboxylic acids is 1. The molecule has 0 saturated heterocycles. The molecule has 0 aliphatic heterocycles. The van der Waals surface area contributed by atoms with Gasteiger partial charge in [-0.05, 0) is 67.8 Å². The highest BCUT2D eigenvalue weighted by Crippen LogP contribution is 2.23. The Morgan fingerprint density at radius 2 is 1.73 bits per heavy atom. The number of aryl methyl sites for hydroxylation is 3. The standard InChI is InChI=1S/C27H28BrN3O2/c1-19-7-5-8-20(2)26(19)33-18-6-17-31-24-10-4-3-9-23(24)30-25(31)15-16-29-27(32)21-11-13-22(28)14-12-21/h3-5,7-14H,6,15-18H2,1-2H3,(H,29,32). The molecule has 0 aliphatic carbocycles. The van der Waals surface area contributed by atoms with Crippen LogP contribution in [-0.2, 0) is 13.0 Å². The third-order valence-corrected chi connectivity index (χ3v) is 6.18. The van der Waals surface area contributed by atoms with Crippen LogP contribution in [0.4, 0.5) is 0 Å². The Kier molecular flexibility index (Phi) is 7.45. The summed E-state index contributed by atoms with van der Waals surface area (Å²) in [5.74, 6) is 1.87. The van der Waals surface area contributed by atoms with Crippen LogP contribution < -0.4 is 10.1 Å². The Labute approximate surface area is 202 Å². The van der Waals surface area contributed by atoms with Gasteiger partial charge in [-0.25, -0.2) is 4.98 Å². The fraction of sp³-hybridized carbons (Fsp3) is 0.259. The molecule has 0 aliphatic rings. The minimum Gasteiger partial charge on any atom is -0.493 e. The van der Waals surface area contributed by atoms with E-state index in [4.69, 9.17) is 9.72 Å². The molecule has 0 unspecified atom stereocenters. The fourth-order valence-corrected chi connectivity index (χ4v) is 4.24. The molecule has 4 aromatic rings. The van der Waals surface area contributed by atoms with Crippen molar-refractivity contribution >= 4 is 32.9 Å². The van der Waals surface area contributed by atoms with Gasteiger partial charge >= 0.3 is 0 Å². The molecule has 170 valence electrons. The van der Waals surface area contributed by atoms with E-state index in [1.54, 1.807) is 0 Å². The first-order valence-electron chi connectivity index (χ1n) is 11.2. The predicted octanol–water partition coefficient (Wildman–Crippen LogP) is 5.86. The summed E-state index contributed by atoms with van der Waals surface area (Å²) in [4.78, 5) is 17.3. The zero-order valence-corrected chi connectivity index (χ0v) is 20.6. The number of benzene rings is 3. The quantitative estimate of drug-likeness (QED) is 0.290. The van der Waals surface area contributed by atoms with Gasteiger partial charge in [0.1, 0.15) is 11.6 Å². The number of rotatable bonds is 9. The summed E-state index contributed by atoms with van der Waals surface area (Å²) in [5.41, 5.74) is 5.05. The first kappa shape index (κ1) is 23.1. The molecule has 0 atom stereocenters. The number of fused-ring (bicyclic) bond motifs is 1. The third kappa shape index (κ3) is 5.63. The van der Waals surface area contributed by atoms with Crippen LogP contribution in [0.3, 0.4) is 0 Å². The molecule has 33 heavy (non-hydrogen) atoms. The van der Waals surface area contributed by atoms with Gasteiger partial charge in [-0.15, -0.1) is 0 Å². The number of carbonyl (C=O) groups is 1. The average Bonchev–Trinajstić information content (AvgIpc) is 3.16. The van der Waals surface area contributed by atoms with E-state index in [0.717, 1.165) is 51.2 Å². The molecular formula is C27H28BrN3O2. The maximum atomic E-state index is 12.4. The van der Waals surface area contributed by atoms with Gasteiger partial charge in [0.05, 0.1) is 17.6 Å². The van der Waals surface area contributed by atoms with Gasteiger partial charge < -0.3 is 14.6 Å². The SMILES string of the molecule is Cc1cccc(C)c1OCCCn1c(CCNC(=O)c2ccc(Br)cc2)nc2ccccc21. The lowest BCUT2D eigenvalue weighted by Crippen LogP contribution is -2.26. The summed E-state index contributed by atoms with van der Waals surface area (Å²) in [6.07, 6.45) is 1.53. The molecule has 0 fully saturated rings. The number of nitrogens with zero attached hydrogens (tertiary/aromatic N) is 2. The van der Waals surface area contributed by atoms with E-state index in [2.05, 4.69) is 63.9 Å². The summed E-state index contributed by atoms with van der Waals surface area (Å²) >= 11 is 3.40. The molecule has 5 nitrogen and oxygen atoms in total. The molecule has 1 heterocycles. The van der Waals surface area contributed by atoms with Crippen LogP contribution in [0.25, 0.3) is 11.0 Å². The largest absolute Gasteiger partial charge is 0.493 e. The Balaban J connectivity index is 1.39. The second-order valence-corrected chi connectivity index (χ2v) is 9.02. The van der Waals surface area contributed by atoms with Crippen molar-refractivity contribution in [3.05, 3.63) is 93.7 Å². The summed E-state index contributed by atoms with van der Waals surface area (Å²) in [6.45, 7) is 6.12. The minimum atomic E-state index is -0.0767. The number of imidazole rings is 1. The molecule has 0 bridgehead atoms. The van der Waals surface area contributed by atoms with Crippen molar-refractivity contribution in [2.75, 3.05) is 13.2 Å². The number of amides is 1. The van der Waals surface area contributed by atoms with Crippen molar-refractivity contribution in [1.82, 2.24) is 14.9 Å². The van der Waals surface area contributed by atoms with Crippen molar-refractivity contribution in [1.29, 1.82) is 0 Å². The number of aromatic nitrogens is 2. The molecule has 1 amide bonds. The minimum absolute atomic E-state index is 0.0767. The lowest BCUT2D eigenvalue weighted by atomic mass is 10.1. The van der Waals surface area contributed by atoms with Gasteiger partial charge in [0.15, 0.2) is 0 Å². The van der Waals surface area contributed by atoms with E-state index in [1.807, 2.05) is 42.5 Å². The number of hydrogen-bond acceptors (Lipinski definition) is 3. The predicted molar refractivity (Wildman–Crippen MR) is 136 cm³/mol. The summed E-state index contributed by atoms with van der Waals surface area (Å²) in [7, 11) is 0. The maximum Gasteiger partial charge on any atom is 0.251 e. The van der Waals surface area contributed by atoms with Crippen molar-refractivity contribution in [2.24, 2.45) is 0 Å². The molecule has 4 rings (SSSR count). The van der Waals surface area contributed by atoms with Crippen LogP contribution in [0.15, 0.2) is 71.2 Å². The summed E-state index contributed by atoms with van der Waals surface area (Å²) in [6, 6.07) is 21.7. The number of ether oxygens (including phenoxy) is 1. The van der Waals surface area contributed by atoms with Crippen molar-refractivity contribution in [3.63, 3.8) is 0 Å². The molecule has 3 aromatic carbocycles. The smallest absolute Gasteiger partial charge is 0.251 e. The van der Waals surface area contributed by atoms with Crippen molar-refractivity contribution in [3.8, 4) is 5.75 Å². The summed E-state index contributed by atoms with van der Waals surface area (Å²) < 4.78 is 9.29. The highest BCUT2D eigenvalue weighted by molar-refractivity contribution is 9.10. The number of para-hydroxylation sites is 3. The average molecular weight is 506 g/mol. The fourth-order valence-electron chi connectivity index (χ4n) is 3.98. The normalized spacial score (nSPS) is 11.0. The van der Waals surface area contributed by atoms with Crippen LogP contribution in [0.2, 0.25) is 0 Å². The van der Waals surface area contributed by atoms with E-state index in [1.165, 1.54) is 0 Å². The van der Waals surface area contributed by atoms with E-state index in [-0.39, 0.29) is 5.91 Å². The zero-order valence-electron chi connectivity index (χ0n) is 19.0. The van der Waals surface area contributed by atoms with E-state index in [0.29, 0.717) is 25.1 Å². The van der Waals surface area contributed by atoms with E-state index in [9.17, 15) is 4.79 Å². The Bertz CT molecular complexity index is 1230. The highest BCUT2D eigenvalue weighted by atomic mass is 79.9. The van der Waals surface area contributed by atoms with Crippen molar-refractivity contribution < 1.29 is 9.53 Å². The van der Waals surface area contributed by atoms with Crippen LogP contribution in [0, 0.1) is 13.8 Å². The topological polar surface area (TPSA) is 56.1 Å². The van der Waals surface area contributed by atoms with Gasteiger partial charge in [0.25, 0.3) is 5.91 Å². The zero-order chi connectivity index (χ0) is 23.2. The molecular weight excluding hydrogens is 478 g/mol. The molecule has 6 heteroatoms. The molecule has 0 saturated carbocycles. The molecule has 1 N–H and O–H groups in total. The summed E-state index contributed by atoms with van der Waals surface area (Å²) in [5, 5.41) is 3.01. The Morgan fingerprint density at radius 3 is 2.48 bits per heavy atom. The van der Waals surface area contributed by atoms with Gasteiger partial charge in [-0.3, -0.25) is 4.79 Å². The Hall–Kier alpha value is -3.12. The molecule has 0 radical (unpaired) electrons. The lowest BCUT2D eigenvalue weighted by Gasteiger charge is -2.13. The molecule has 1 aromatic heterocycles. The maximum absolute atomic E-state index is 12.4. The second kappa shape index (κ2) is 10.7. The second-order valence-electron chi connectivity index (χ2n) is 8.10. The van der Waals surface area contributed by atoms with Crippen LogP contribution in [0.1, 0.15) is 33.7 Å². The van der Waals surface area contributed by atoms with Crippen molar-refractivity contribution in [2.45, 2.75) is 33.2 Å². The number of halogens is 1. The van der Waals surface area contributed by atoms with Gasteiger partial charge in [0, 0.05) is 29.5 Å². The van der Waals surface area contributed by atoms with Gasteiger partial charge in [-0.1, -0.05) is 46.3 Å². The van der Waals surface area contributed by atoms with E-state index >= 15 is 0 Å². The highest BCUT2D eigenvalue weighted by Gasteiger charge is 2.12. The van der Waals surface area contributed by atoms with E-state index < -0.39 is 0 Å². The third-order valence-electron chi connectivity index (χ3n) is 5.66. The monoisotopic (exact) mass is 505 g/mol. The van der Waals surface area contributed by atoms with Crippen LogP contribution in [-0.4, -0.2) is 28.6 Å². The lowest BCUT2D eigenvalue weighted by molar-refractivity contribution is 0.0954. The van der Waals surface area contributed by atoms with Crippen LogP contribution in [0.5, 0.6) is 5.75 Å². The van der Waals surface area contributed by atoms with Gasteiger partial charge in [-0.2, -0.15) is 0 Å². The first-order chi connectivity index (χ1) is 16.0. The van der Waals surface area contributed by atoms with Gasteiger partial charge in [0.2, 0.25) is 0 Å². The first-order valence-corrected chi connectivity index (χ1v) is 12.0. The van der Waals surface area contributed by atoms with Crippen LogP contribution >= 0.6 is 15.9 Å². The number of hydrogen-bond donors (Lipinski definition) is 1. The molecule has 0 spiro atoms. The number of nitrogens with one attached hydrogen (secondary N) is 1. The Morgan fingerprint density at radius 1 is 1.00 bits per heavy atom.